The molecule has 0 saturated carbocycles. The van der Waals surface area contributed by atoms with Gasteiger partial charge in [-0.2, -0.15) is 0 Å². The van der Waals surface area contributed by atoms with Crippen molar-refractivity contribution in [3.63, 3.8) is 0 Å². The maximum absolute atomic E-state index is 12.1. The van der Waals surface area contributed by atoms with Gasteiger partial charge in [-0.15, -0.1) is 0 Å². The van der Waals surface area contributed by atoms with Gasteiger partial charge in [-0.25, -0.2) is 4.79 Å². The van der Waals surface area contributed by atoms with Crippen molar-refractivity contribution in [3.8, 4) is 0 Å². The van der Waals surface area contributed by atoms with Crippen LogP contribution in [-0.2, 0) is 23.6 Å². The van der Waals surface area contributed by atoms with Crippen molar-refractivity contribution in [1.29, 1.82) is 0 Å². The Morgan fingerprint density at radius 3 is 2.40 bits per heavy atom. The number of ether oxygens (including phenoxy) is 1. The molecule has 30 heavy (non-hydrogen) atoms. The topological polar surface area (TPSA) is 138 Å². The molecule has 162 valence electrons. The molecule has 11 heteroatoms. The first-order chi connectivity index (χ1) is 14.3. The molecular weight excluding hydrogens is 394 g/mol. The molecule has 0 aliphatic carbocycles. The second-order valence-corrected chi connectivity index (χ2v) is 6.66. The van der Waals surface area contributed by atoms with Gasteiger partial charge in [-0.05, 0) is 18.5 Å². The quantitative estimate of drug-likeness (QED) is 0.243. The van der Waals surface area contributed by atoms with Crippen LogP contribution in [0.15, 0.2) is 39.9 Å². The largest absolute Gasteiger partial charge is 0.469 e. The zero-order valence-corrected chi connectivity index (χ0v) is 17.1. The molecule has 0 amide bonds. The molecule has 0 saturated heterocycles. The number of nitro groups is 1. The minimum atomic E-state index is -0.547. The molecule has 1 aromatic carbocycles. The normalized spacial score (nSPS) is 11.7. The smallest absolute Gasteiger partial charge is 0.332 e. The Morgan fingerprint density at radius 1 is 1.13 bits per heavy atom. The van der Waals surface area contributed by atoms with Crippen LogP contribution in [0.3, 0.4) is 0 Å². The number of hydrogen-bond acceptors (Lipinski definition) is 8. The van der Waals surface area contributed by atoms with E-state index in [-0.39, 0.29) is 5.69 Å². The summed E-state index contributed by atoms with van der Waals surface area (Å²) < 4.78 is 7.22. The average molecular weight is 419 g/mol. The van der Waals surface area contributed by atoms with Gasteiger partial charge in [0, 0.05) is 45.4 Å². The van der Waals surface area contributed by atoms with E-state index in [1.807, 2.05) is 0 Å². The summed E-state index contributed by atoms with van der Waals surface area (Å²) >= 11 is 0. The molecule has 0 aliphatic rings. The number of anilines is 1. The lowest BCUT2D eigenvalue weighted by Gasteiger charge is -2.16. The van der Waals surface area contributed by atoms with Crippen molar-refractivity contribution < 1.29 is 14.5 Å². The summed E-state index contributed by atoms with van der Waals surface area (Å²) in [6.45, 7) is 1.48. The number of rotatable bonds is 10. The Balaban J connectivity index is 1.88. The van der Waals surface area contributed by atoms with Crippen LogP contribution in [0.4, 0.5) is 11.5 Å². The molecule has 0 fully saturated rings. The summed E-state index contributed by atoms with van der Waals surface area (Å²) in [7, 11) is 4.29. The summed E-state index contributed by atoms with van der Waals surface area (Å²) in [6.07, 6.45) is 0.439. The third-order valence-electron chi connectivity index (χ3n) is 4.74. The van der Waals surface area contributed by atoms with Gasteiger partial charge in [0.05, 0.1) is 18.0 Å². The molecular formula is C19H25N5O6. The number of methoxy groups -OCH3 is 1. The molecule has 1 aromatic heterocycles. The third kappa shape index (κ3) is 5.54. The van der Waals surface area contributed by atoms with Crippen molar-refractivity contribution in [2.75, 3.05) is 32.1 Å². The summed E-state index contributed by atoms with van der Waals surface area (Å²) in [5.74, 6) is -0.545. The number of carbonyl (C=O) groups is 1. The molecule has 1 atom stereocenters. The number of carbonyl (C=O) groups excluding carboxylic acids is 1. The van der Waals surface area contributed by atoms with E-state index in [2.05, 4.69) is 10.6 Å². The van der Waals surface area contributed by atoms with Crippen LogP contribution in [0, 0.1) is 10.1 Å². The fourth-order valence-corrected chi connectivity index (χ4v) is 2.94. The zero-order chi connectivity index (χ0) is 22.3. The highest BCUT2D eigenvalue weighted by atomic mass is 16.6. The monoisotopic (exact) mass is 419 g/mol. The molecule has 0 bridgehead atoms. The first-order valence-corrected chi connectivity index (χ1v) is 9.30. The average Bonchev–Trinajstić information content (AvgIpc) is 2.74. The Morgan fingerprint density at radius 2 is 1.80 bits per heavy atom. The molecule has 0 spiro atoms. The third-order valence-corrected chi connectivity index (χ3v) is 4.74. The van der Waals surface area contributed by atoms with Crippen LogP contribution in [0.5, 0.6) is 0 Å². The maximum atomic E-state index is 12.1. The van der Waals surface area contributed by atoms with Crippen LogP contribution in [-0.4, -0.2) is 46.8 Å². The zero-order valence-electron chi connectivity index (χ0n) is 17.1. The molecule has 0 aliphatic heterocycles. The summed E-state index contributed by atoms with van der Waals surface area (Å²) in [6, 6.07) is 7.17. The highest BCUT2D eigenvalue weighted by Gasteiger charge is 2.21. The van der Waals surface area contributed by atoms with Gasteiger partial charge in [0.25, 0.3) is 11.2 Å². The van der Waals surface area contributed by atoms with Gasteiger partial charge in [0.2, 0.25) is 0 Å². The summed E-state index contributed by atoms with van der Waals surface area (Å²) in [5.41, 5.74) is -0.209. The number of nitro benzene ring substituents is 1. The van der Waals surface area contributed by atoms with E-state index < -0.39 is 28.1 Å². The summed E-state index contributed by atoms with van der Waals surface area (Å²) in [5, 5.41) is 17.0. The Labute approximate surface area is 172 Å². The first kappa shape index (κ1) is 22.8. The molecule has 2 rings (SSSR count). The lowest BCUT2D eigenvalue weighted by molar-refractivity contribution is -0.384. The Kier molecular flexibility index (Phi) is 7.87. The van der Waals surface area contributed by atoms with Crippen LogP contribution >= 0.6 is 0 Å². The van der Waals surface area contributed by atoms with Gasteiger partial charge in [0.15, 0.2) is 0 Å². The predicted octanol–water partition coefficient (Wildman–Crippen LogP) is 0.341. The van der Waals surface area contributed by atoms with Gasteiger partial charge in [0.1, 0.15) is 5.82 Å². The van der Waals surface area contributed by atoms with E-state index in [1.165, 1.54) is 36.9 Å². The molecule has 2 N–H and O–H groups in total. The SMILES string of the molecule is COC(=O)C(CCNCCNc1cc(=O)n(C)c(=O)n1C)c1ccc([N+](=O)[O-])cc1. The minimum absolute atomic E-state index is 0.0447. The van der Waals surface area contributed by atoms with Crippen molar-refractivity contribution in [1.82, 2.24) is 14.5 Å². The molecule has 1 unspecified atom stereocenters. The number of nitrogens with one attached hydrogen (secondary N) is 2. The van der Waals surface area contributed by atoms with Crippen molar-refractivity contribution in [2.24, 2.45) is 14.1 Å². The van der Waals surface area contributed by atoms with E-state index in [0.717, 1.165) is 4.57 Å². The standard InChI is InChI=1S/C19H25N5O6/c1-22-16(12-17(25)23(2)19(22)27)21-11-10-20-9-8-15(18(26)30-3)13-4-6-14(7-5-13)24(28)29/h4-7,12,15,20-21H,8-11H2,1-3H3. The first-order valence-electron chi connectivity index (χ1n) is 9.30. The van der Waals surface area contributed by atoms with Gasteiger partial charge in [-0.3, -0.25) is 28.8 Å². The van der Waals surface area contributed by atoms with Gasteiger partial charge < -0.3 is 15.4 Å². The number of esters is 1. The number of nitrogens with zero attached hydrogens (tertiary/aromatic N) is 3. The molecule has 1 heterocycles. The lowest BCUT2D eigenvalue weighted by atomic mass is 9.95. The Hall–Kier alpha value is -3.47. The highest BCUT2D eigenvalue weighted by molar-refractivity contribution is 5.78. The Bertz CT molecular complexity index is 1010. The maximum Gasteiger partial charge on any atom is 0.332 e. The fourth-order valence-electron chi connectivity index (χ4n) is 2.94. The van der Waals surface area contributed by atoms with Crippen LogP contribution in [0.2, 0.25) is 0 Å². The molecule has 11 nitrogen and oxygen atoms in total. The van der Waals surface area contributed by atoms with Crippen molar-refractivity contribution >= 4 is 17.5 Å². The fraction of sp³-hybridized carbons (Fsp3) is 0.421. The number of benzene rings is 1. The van der Waals surface area contributed by atoms with E-state index >= 15 is 0 Å². The molecule has 0 radical (unpaired) electrons. The predicted molar refractivity (Wildman–Crippen MR) is 111 cm³/mol. The van der Waals surface area contributed by atoms with Gasteiger partial charge >= 0.3 is 11.7 Å². The number of hydrogen-bond donors (Lipinski definition) is 2. The van der Waals surface area contributed by atoms with Crippen LogP contribution in [0.25, 0.3) is 0 Å². The summed E-state index contributed by atoms with van der Waals surface area (Å²) in [4.78, 5) is 46.0. The second kappa shape index (κ2) is 10.3. The van der Waals surface area contributed by atoms with E-state index in [0.29, 0.717) is 37.4 Å². The second-order valence-electron chi connectivity index (χ2n) is 6.66. The molecule has 2 aromatic rings. The van der Waals surface area contributed by atoms with E-state index in [1.54, 1.807) is 19.2 Å². The van der Waals surface area contributed by atoms with E-state index in [4.69, 9.17) is 4.74 Å². The van der Waals surface area contributed by atoms with Crippen LogP contribution in [0.1, 0.15) is 17.9 Å². The minimum Gasteiger partial charge on any atom is -0.469 e. The van der Waals surface area contributed by atoms with Crippen molar-refractivity contribution in [2.45, 2.75) is 12.3 Å². The lowest BCUT2D eigenvalue weighted by Crippen LogP contribution is -2.38. The highest BCUT2D eigenvalue weighted by Crippen LogP contribution is 2.23. The number of non-ortho nitro benzene ring substituents is 1. The van der Waals surface area contributed by atoms with Crippen LogP contribution < -0.4 is 21.9 Å². The van der Waals surface area contributed by atoms with E-state index in [9.17, 15) is 24.5 Å². The number of aromatic nitrogens is 2. The van der Waals surface area contributed by atoms with Gasteiger partial charge in [-0.1, -0.05) is 12.1 Å². The van der Waals surface area contributed by atoms with Crippen molar-refractivity contribution in [3.05, 3.63) is 66.8 Å².